The summed E-state index contributed by atoms with van der Waals surface area (Å²) in [5.74, 6) is -0.0516. The Morgan fingerprint density at radius 3 is 2.38 bits per heavy atom. The van der Waals surface area contributed by atoms with Crippen LogP contribution in [-0.2, 0) is 22.4 Å². The van der Waals surface area contributed by atoms with Crippen molar-refractivity contribution in [3.05, 3.63) is 71.5 Å². The van der Waals surface area contributed by atoms with Crippen LogP contribution in [0.4, 0.5) is 4.39 Å². The minimum Gasteiger partial charge on any atom is -0.337 e. The van der Waals surface area contributed by atoms with E-state index in [1.807, 2.05) is 49.1 Å². The first-order chi connectivity index (χ1) is 15.3. The van der Waals surface area contributed by atoms with E-state index in [0.717, 1.165) is 36.9 Å². The van der Waals surface area contributed by atoms with Crippen LogP contribution in [0.15, 0.2) is 54.6 Å². The summed E-state index contributed by atoms with van der Waals surface area (Å²) in [6.07, 6.45) is 3.55. The first-order valence-electron chi connectivity index (χ1n) is 11.7. The second kappa shape index (κ2) is 9.05. The lowest BCUT2D eigenvalue weighted by Gasteiger charge is -2.42. The Hall–Kier alpha value is -2.69. The third-order valence-corrected chi connectivity index (χ3v) is 7.05. The fraction of sp³-hybridized carbons (Fsp3) is 0.481. The van der Waals surface area contributed by atoms with Crippen molar-refractivity contribution in [2.75, 3.05) is 6.54 Å². The van der Waals surface area contributed by atoms with Crippen molar-refractivity contribution < 1.29 is 14.0 Å². The maximum Gasteiger partial charge on any atom is 0.227 e. The first kappa shape index (κ1) is 22.5. The van der Waals surface area contributed by atoms with Crippen molar-refractivity contribution >= 4 is 11.8 Å². The van der Waals surface area contributed by atoms with Gasteiger partial charge in [-0.15, -0.1) is 0 Å². The van der Waals surface area contributed by atoms with Crippen LogP contribution in [0.25, 0.3) is 0 Å². The molecule has 170 valence electrons. The van der Waals surface area contributed by atoms with Crippen LogP contribution in [0, 0.1) is 11.7 Å². The SMILES string of the molecule is CC(C)C(=O)N1CCC[C@H]2[C@@H]1C[C@@](C)(Cc1ccc(F)cc1)N2C(=O)Cc1ccccc1. The van der Waals surface area contributed by atoms with Gasteiger partial charge in [0.25, 0.3) is 0 Å². The lowest BCUT2D eigenvalue weighted by atomic mass is 9.87. The summed E-state index contributed by atoms with van der Waals surface area (Å²) in [4.78, 5) is 30.8. The molecule has 3 atom stereocenters. The van der Waals surface area contributed by atoms with Crippen molar-refractivity contribution in [3.8, 4) is 0 Å². The minimum atomic E-state index is -0.432. The third-order valence-electron chi connectivity index (χ3n) is 7.05. The van der Waals surface area contributed by atoms with Crippen LogP contribution < -0.4 is 0 Å². The number of halogens is 1. The van der Waals surface area contributed by atoms with Gasteiger partial charge in [-0.25, -0.2) is 4.39 Å². The summed E-state index contributed by atoms with van der Waals surface area (Å²) in [6, 6.07) is 16.5. The Morgan fingerprint density at radius 2 is 1.72 bits per heavy atom. The monoisotopic (exact) mass is 436 g/mol. The standard InChI is InChI=1S/C27H33FN2O2/c1-19(2)26(32)29-15-7-10-23-24(29)18-27(3,17-21-11-13-22(28)14-12-21)30(23)25(31)16-20-8-5-4-6-9-20/h4-6,8-9,11-14,19,23-24H,7,10,15-18H2,1-3H3/t23-,24-,27+/m0/s1. The van der Waals surface area contributed by atoms with Crippen LogP contribution in [0.1, 0.15) is 51.2 Å². The van der Waals surface area contributed by atoms with E-state index in [4.69, 9.17) is 0 Å². The Kier molecular flexibility index (Phi) is 6.36. The summed E-state index contributed by atoms with van der Waals surface area (Å²) >= 11 is 0. The molecule has 0 radical (unpaired) electrons. The number of rotatable bonds is 5. The van der Waals surface area contributed by atoms with Crippen LogP contribution >= 0.6 is 0 Å². The van der Waals surface area contributed by atoms with E-state index < -0.39 is 5.54 Å². The highest BCUT2D eigenvalue weighted by Gasteiger charge is 2.54. The van der Waals surface area contributed by atoms with E-state index in [9.17, 15) is 14.0 Å². The number of piperidine rings is 1. The van der Waals surface area contributed by atoms with Gasteiger partial charge in [-0.05, 0) is 55.9 Å². The Morgan fingerprint density at radius 1 is 1.03 bits per heavy atom. The van der Waals surface area contributed by atoms with Gasteiger partial charge in [-0.3, -0.25) is 9.59 Å². The van der Waals surface area contributed by atoms with E-state index in [1.54, 1.807) is 12.1 Å². The molecule has 2 aliphatic heterocycles. The average molecular weight is 437 g/mol. The lowest BCUT2D eigenvalue weighted by Crippen LogP contribution is -2.55. The molecule has 0 unspecified atom stereocenters. The molecule has 2 aliphatic rings. The second-order valence-corrected chi connectivity index (χ2v) is 9.89. The van der Waals surface area contributed by atoms with Crippen LogP contribution in [0.3, 0.4) is 0 Å². The molecule has 0 aromatic heterocycles. The van der Waals surface area contributed by atoms with Crippen molar-refractivity contribution in [1.82, 2.24) is 9.80 Å². The van der Waals surface area contributed by atoms with Gasteiger partial charge >= 0.3 is 0 Å². The Bertz CT molecular complexity index is 959. The van der Waals surface area contributed by atoms with Crippen molar-refractivity contribution in [1.29, 1.82) is 0 Å². The van der Waals surface area contributed by atoms with E-state index in [1.165, 1.54) is 12.1 Å². The zero-order valence-electron chi connectivity index (χ0n) is 19.3. The summed E-state index contributed by atoms with van der Waals surface area (Å²) in [5, 5.41) is 0. The van der Waals surface area contributed by atoms with Crippen molar-refractivity contribution in [3.63, 3.8) is 0 Å². The highest BCUT2D eigenvalue weighted by atomic mass is 19.1. The molecule has 0 N–H and O–H groups in total. The van der Waals surface area contributed by atoms with Gasteiger partial charge in [0.15, 0.2) is 0 Å². The molecule has 2 fully saturated rings. The number of benzene rings is 2. The highest BCUT2D eigenvalue weighted by Crippen LogP contribution is 2.43. The normalized spacial score (nSPS) is 25.2. The van der Waals surface area contributed by atoms with Crippen LogP contribution in [0.2, 0.25) is 0 Å². The summed E-state index contributed by atoms with van der Waals surface area (Å²) < 4.78 is 13.5. The molecule has 32 heavy (non-hydrogen) atoms. The lowest BCUT2D eigenvalue weighted by molar-refractivity contribution is -0.143. The number of fused-ring (bicyclic) bond motifs is 1. The summed E-state index contributed by atoms with van der Waals surface area (Å²) in [5.41, 5.74) is 1.57. The fourth-order valence-corrected chi connectivity index (χ4v) is 5.68. The number of nitrogens with zero attached hydrogens (tertiary/aromatic N) is 2. The number of amides is 2. The maximum absolute atomic E-state index is 13.7. The van der Waals surface area contributed by atoms with Crippen LogP contribution in [0.5, 0.6) is 0 Å². The first-order valence-corrected chi connectivity index (χ1v) is 11.7. The molecule has 4 nitrogen and oxygen atoms in total. The number of carbonyl (C=O) groups is 2. The molecule has 4 rings (SSSR count). The molecule has 2 amide bonds. The largest absolute Gasteiger partial charge is 0.337 e. The molecule has 2 saturated heterocycles. The van der Waals surface area contributed by atoms with Gasteiger partial charge < -0.3 is 9.80 Å². The van der Waals surface area contributed by atoms with Gasteiger partial charge in [0.2, 0.25) is 11.8 Å². The predicted molar refractivity (Wildman–Crippen MR) is 123 cm³/mol. The number of hydrogen-bond acceptors (Lipinski definition) is 2. The third kappa shape index (κ3) is 4.43. The molecular weight excluding hydrogens is 403 g/mol. The molecule has 0 saturated carbocycles. The second-order valence-electron chi connectivity index (χ2n) is 9.89. The molecule has 0 bridgehead atoms. The van der Waals surface area contributed by atoms with Gasteiger partial charge in [0.1, 0.15) is 5.82 Å². The number of hydrogen-bond donors (Lipinski definition) is 0. The van der Waals surface area contributed by atoms with E-state index >= 15 is 0 Å². The van der Waals surface area contributed by atoms with E-state index in [0.29, 0.717) is 12.8 Å². The van der Waals surface area contributed by atoms with E-state index in [2.05, 4.69) is 11.8 Å². The van der Waals surface area contributed by atoms with Crippen molar-refractivity contribution in [2.45, 2.75) is 70.5 Å². The smallest absolute Gasteiger partial charge is 0.227 e. The topological polar surface area (TPSA) is 40.6 Å². The minimum absolute atomic E-state index is 0.0214. The predicted octanol–water partition coefficient (Wildman–Crippen LogP) is 4.62. The number of carbonyl (C=O) groups excluding carboxylic acids is 2. The fourth-order valence-electron chi connectivity index (χ4n) is 5.68. The Labute approximate surface area is 190 Å². The molecule has 2 aromatic carbocycles. The van der Waals surface area contributed by atoms with Gasteiger partial charge in [-0.2, -0.15) is 0 Å². The van der Waals surface area contributed by atoms with Gasteiger partial charge in [-0.1, -0.05) is 56.3 Å². The van der Waals surface area contributed by atoms with E-state index in [-0.39, 0.29) is 35.6 Å². The summed E-state index contributed by atoms with van der Waals surface area (Å²) in [7, 11) is 0. The summed E-state index contributed by atoms with van der Waals surface area (Å²) in [6.45, 7) is 6.77. The highest BCUT2D eigenvalue weighted by molar-refractivity contribution is 5.82. The zero-order chi connectivity index (χ0) is 22.9. The van der Waals surface area contributed by atoms with Gasteiger partial charge in [0, 0.05) is 18.0 Å². The molecule has 2 aromatic rings. The quantitative estimate of drug-likeness (QED) is 0.686. The zero-order valence-corrected chi connectivity index (χ0v) is 19.3. The molecule has 5 heteroatoms. The molecular formula is C27H33FN2O2. The molecule has 0 aliphatic carbocycles. The molecule has 0 spiro atoms. The van der Waals surface area contributed by atoms with Gasteiger partial charge in [0.05, 0.1) is 18.5 Å². The maximum atomic E-state index is 13.7. The average Bonchev–Trinajstić information content (AvgIpc) is 3.07. The number of likely N-dealkylation sites (tertiary alicyclic amines) is 2. The Balaban J connectivity index is 1.67. The van der Waals surface area contributed by atoms with Crippen molar-refractivity contribution in [2.24, 2.45) is 5.92 Å². The van der Waals surface area contributed by atoms with Crippen LogP contribution in [-0.4, -0.2) is 45.8 Å². The molecule has 2 heterocycles.